The molecule has 0 saturated carbocycles. The molecular weight excluding hydrogens is 232 g/mol. The van der Waals surface area contributed by atoms with Crippen LogP contribution in [0.1, 0.15) is 0 Å². The molecule has 1 saturated heterocycles. The molecular formula is C12H14N4O2. The van der Waals surface area contributed by atoms with E-state index in [0.29, 0.717) is 24.1 Å². The summed E-state index contributed by atoms with van der Waals surface area (Å²) in [5.74, 6) is 0. The molecule has 6 nitrogen and oxygen atoms in total. The van der Waals surface area contributed by atoms with Gasteiger partial charge in [0.15, 0.2) is 0 Å². The second kappa shape index (κ2) is 4.83. The van der Waals surface area contributed by atoms with Gasteiger partial charge in [-0.25, -0.2) is 4.68 Å². The van der Waals surface area contributed by atoms with Crippen LogP contribution in [0.15, 0.2) is 29.1 Å². The van der Waals surface area contributed by atoms with Crippen LogP contribution in [0.4, 0.5) is 0 Å². The number of morpholine rings is 1. The van der Waals surface area contributed by atoms with Gasteiger partial charge in [0.1, 0.15) is 5.52 Å². The van der Waals surface area contributed by atoms with E-state index in [1.807, 2.05) is 12.1 Å². The fourth-order valence-corrected chi connectivity index (χ4v) is 2.07. The summed E-state index contributed by atoms with van der Waals surface area (Å²) in [4.78, 5) is 12.2. The minimum Gasteiger partial charge on any atom is -0.374 e. The minimum atomic E-state index is -0.116. The third-order valence-corrected chi connectivity index (χ3v) is 3.01. The first-order valence-corrected chi connectivity index (χ1v) is 5.99. The van der Waals surface area contributed by atoms with E-state index < -0.39 is 0 Å². The monoisotopic (exact) mass is 246 g/mol. The van der Waals surface area contributed by atoms with Crippen LogP contribution in [-0.2, 0) is 11.3 Å². The summed E-state index contributed by atoms with van der Waals surface area (Å²) in [6.45, 7) is 2.69. The molecule has 1 N–H and O–H groups in total. The Morgan fingerprint density at radius 3 is 3.17 bits per heavy atom. The Morgan fingerprint density at radius 2 is 2.33 bits per heavy atom. The minimum absolute atomic E-state index is 0.0214. The molecule has 1 aliphatic heterocycles. The average molecular weight is 246 g/mol. The van der Waals surface area contributed by atoms with Crippen molar-refractivity contribution in [3.63, 3.8) is 0 Å². The van der Waals surface area contributed by atoms with Gasteiger partial charge in [-0.2, -0.15) is 0 Å². The molecule has 18 heavy (non-hydrogen) atoms. The summed E-state index contributed by atoms with van der Waals surface area (Å²) in [5, 5.41) is 11.8. The topological polar surface area (TPSA) is 69.0 Å². The quantitative estimate of drug-likeness (QED) is 0.793. The Labute approximate surface area is 104 Å². The summed E-state index contributed by atoms with van der Waals surface area (Å²) in [5.41, 5.74) is 0.510. The number of ether oxygens (including phenoxy) is 1. The highest BCUT2D eigenvalue weighted by Gasteiger charge is 2.16. The van der Waals surface area contributed by atoms with Gasteiger partial charge in [0, 0.05) is 13.1 Å². The highest BCUT2D eigenvalue weighted by Crippen LogP contribution is 2.04. The smallest absolute Gasteiger partial charge is 0.277 e. The maximum atomic E-state index is 12.2. The lowest BCUT2D eigenvalue weighted by atomic mass is 10.2. The maximum Gasteiger partial charge on any atom is 0.277 e. The van der Waals surface area contributed by atoms with Gasteiger partial charge in [-0.05, 0) is 12.1 Å². The largest absolute Gasteiger partial charge is 0.374 e. The van der Waals surface area contributed by atoms with Gasteiger partial charge in [0.25, 0.3) is 5.56 Å². The van der Waals surface area contributed by atoms with E-state index in [-0.39, 0.29) is 11.7 Å². The van der Waals surface area contributed by atoms with Crippen molar-refractivity contribution in [1.29, 1.82) is 0 Å². The number of rotatable bonds is 2. The zero-order valence-electron chi connectivity index (χ0n) is 9.87. The van der Waals surface area contributed by atoms with E-state index in [1.54, 1.807) is 12.1 Å². The molecule has 0 bridgehead atoms. The lowest BCUT2D eigenvalue weighted by Crippen LogP contribution is -2.43. The van der Waals surface area contributed by atoms with E-state index in [2.05, 4.69) is 15.6 Å². The zero-order valence-corrected chi connectivity index (χ0v) is 9.87. The second-order valence-corrected chi connectivity index (χ2v) is 4.29. The molecule has 1 atom stereocenters. The fraction of sp³-hybridized carbons (Fsp3) is 0.417. The lowest BCUT2D eigenvalue weighted by Gasteiger charge is -2.23. The zero-order chi connectivity index (χ0) is 12.4. The first-order chi connectivity index (χ1) is 8.84. The Kier molecular flexibility index (Phi) is 3.04. The molecule has 6 heteroatoms. The van der Waals surface area contributed by atoms with Gasteiger partial charge in [-0.15, -0.1) is 5.10 Å². The van der Waals surface area contributed by atoms with E-state index >= 15 is 0 Å². The molecule has 1 aliphatic rings. The fourth-order valence-electron chi connectivity index (χ4n) is 2.07. The van der Waals surface area contributed by atoms with Crippen molar-refractivity contribution in [1.82, 2.24) is 20.3 Å². The van der Waals surface area contributed by atoms with E-state index in [9.17, 15) is 4.79 Å². The molecule has 0 aliphatic carbocycles. The van der Waals surface area contributed by atoms with Gasteiger partial charge in [-0.1, -0.05) is 17.3 Å². The summed E-state index contributed by atoms with van der Waals surface area (Å²) in [6.07, 6.45) is -0.0214. The van der Waals surface area contributed by atoms with Crippen LogP contribution in [0.5, 0.6) is 0 Å². The van der Waals surface area contributed by atoms with Crippen molar-refractivity contribution in [2.75, 3.05) is 19.7 Å². The molecule has 3 rings (SSSR count). The number of aromatic nitrogens is 3. The molecule has 1 fully saturated rings. The van der Waals surface area contributed by atoms with Crippen LogP contribution in [0.3, 0.4) is 0 Å². The third-order valence-electron chi connectivity index (χ3n) is 3.01. The number of hydrogen-bond acceptors (Lipinski definition) is 5. The van der Waals surface area contributed by atoms with Crippen LogP contribution in [0, 0.1) is 0 Å². The van der Waals surface area contributed by atoms with Crippen molar-refractivity contribution in [3.05, 3.63) is 34.6 Å². The number of nitrogens with one attached hydrogen (secondary N) is 1. The second-order valence-electron chi connectivity index (χ2n) is 4.29. The molecule has 0 spiro atoms. The average Bonchev–Trinajstić information content (AvgIpc) is 2.43. The predicted molar refractivity (Wildman–Crippen MR) is 66.4 cm³/mol. The van der Waals surface area contributed by atoms with Crippen LogP contribution in [-0.4, -0.2) is 40.8 Å². The Hall–Kier alpha value is -1.79. The molecule has 2 heterocycles. The van der Waals surface area contributed by atoms with Crippen LogP contribution in [0.25, 0.3) is 10.9 Å². The lowest BCUT2D eigenvalue weighted by molar-refractivity contribution is 0.0149. The van der Waals surface area contributed by atoms with E-state index in [1.165, 1.54) is 4.68 Å². The SMILES string of the molecule is O=c1c2ccccc2nnn1CC1CNCCO1. The molecule has 0 amide bonds. The van der Waals surface area contributed by atoms with Crippen LogP contribution in [0.2, 0.25) is 0 Å². The summed E-state index contributed by atoms with van der Waals surface area (Å²) in [7, 11) is 0. The van der Waals surface area contributed by atoms with Crippen molar-refractivity contribution in [2.45, 2.75) is 12.6 Å². The molecule has 1 aromatic heterocycles. The van der Waals surface area contributed by atoms with Crippen LogP contribution < -0.4 is 10.9 Å². The number of hydrogen-bond donors (Lipinski definition) is 1. The maximum absolute atomic E-state index is 12.2. The standard InChI is InChI=1S/C12H14N4O2/c17-12-10-3-1-2-4-11(10)14-15-16(12)8-9-7-13-5-6-18-9/h1-4,9,13H,5-8H2. The van der Waals surface area contributed by atoms with E-state index in [4.69, 9.17) is 4.74 Å². The Balaban J connectivity index is 1.92. The molecule has 94 valence electrons. The van der Waals surface area contributed by atoms with Gasteiger partial charge in [-0.3, -0.25) is 4.79 Å². The summed E-state index contributed by atoms with van der Waals surface area (Å²) in [6, 6.07) is 7.22. The Bertz CT molecular complexity index is 604. The third kappa shape index (κ3) is 2.12. The summed E-state index contributed by atoms with van der Waals surface area (Å²) >= 11 is 0. The number of benzene rings is 1. The van der Waals surface area contributed by atoms with Gasteiger partial charge >= 0.3 is 0 Å². The summed E-state index contributed by atoms with van der Waals surface area (Å²) < 4.78 is 6.93. The van der Waals surface area contributed by atoms with Gasteiger partial charge < -0.3 is 10.1 Å². The van der Waals surface area contributed by atoms with Crippen molar-refractivity contribution in [3.8, 4) is 0 Å². The molecule has 1 unspecified atom stereocenters. The highest BCUT2D eigenvalue weighted by atomic mass is 16.5. The normalized spacial score (nSPS) is 20.1. The number of nitrogens with zero attached hydrogens (tertiary/aromatic N) is 3. The van der Waals surface area contributed by atoms with Gasteiger partial charge in [0.2, 0.25) is 0 Å². The van der Waals surface area contributed by atoms with E-state index in [0.717, 1.165) is 13.1 Å². The highest BCUT2D eigenvalue weighted by molar-refractivity contribution is 5.76. The molecule has 2 aromatic rings. The predicted octanol–water partition coefficient (Wildman–Crippen LogP) is -0.220. The molecule has 1 aromatic carbocycles. The first-order valence-electron chi connectivity index (χ1n) is 5.99. The van der Waals surface area contributed by atoms with Crippen LogP contribution >= 0.6 is 0 Å². The molecule has 0 radical (unpaired) electrons. The number of fused-ring (bicyclic) bond motifs is 1. The van der Waals surface area contributed by atoms with Crippen molar-refractivity contribution in [2.24, 2.45) is 0 Å². The van der Waals surface area contributed by atoms with Gasteiger partial charge in [0.05, 0.1) is 24.6 Å². The first kappa shape index (κ1) is 11.3. The van der Waals surface area contributed by atoms with Crippen molar-refractivity contribution >= 4 is 10.9 Å². The Morgan fingerprint density at radius 1 is 1.44 bits per heavy atom. The van der Waals surface area contributed by atoms with Crippen molar-refractivity contribution < 1.29 is 4.74 Å².